The minimum atomic E-state index is -0.924. The van der Waals surface area contributed by atoms with Gasteiger partial charge in [-0.2, -0.15) is 0 Å². The molecule has 0 aromatic heterocycles. The standard InChI is InChI=1S/C32H40N2O4/c1-4-15-31(36)16-17-32(18-19-37-27-11-5-23(6-12-27)22-33-26-9-10-26)25(21-31)8-7-24-20-28(13-14-29(24)32)38-30(35)34(2)3/h5-6,11-14,20,25-26,33,36H,7-10,16-19,21-22H2,1-3H3/t25-,31+,32+/m0/s1. The Morgan fingerprint density at radius 1 is 1.11 bits per heavy atom. The van der Waals surface area contributed by atoms with E-state index in [-0.39, 0.29) is 11.5 Å². The Hall–Kier alpha value is -3.01. The number of nitrogens with one attached hydrogen (secondary N) is 1. The zero-order valence-electron chi connectivity index (χ0n) is 22.9. The van der Waals surface area contributed by atoms with Crippen LogP contribution in [0.5, 0.6) is 11.5 Å². The molecule has 0 saturated heterocycles. The van der Waals surface area contributed by atoms with Crippen molar-refractivity contribution in [3.63, 3.8) is 0 Å². The van der Waals surface area contributed by atoms with Gasteiger partial charge in [0.1, 0.15) is 17.1 Å². The molecule has 3 aliphatic carbocycles. The van der Waals surface area contributed by atoms with Crippen LogP contribution in [0.1, 0.15) is 68.6 Å². The number of amides is 1. The van der Waals surface area contributed by atoms with Gasteiger partial charge in [-0.25, -0.2) is 4.79 Å². The maximum absolute atomic E-state index is 12.1. The van der Waals surface area contributed by atoms with Gasteiger partial charge >= 0.3 is 6.09 Å². The van der Waals surface area contributed by atoms with Gasteiger partial charge in [-0.05, 0) is 105 Å². The van der Waals surface area contributed by atoms with E-state index in [1.165, 1.54) is 34.4 Å². The number of fused-ring (bicyclic) bond motifs is 3. The SMILES string of the molecule is CC#C[C@@]1(O)CC[C@]2(CCOc3ccc(CNC4CC4)cc3)c3ccc(OC(=O)N(C)C)cc3CC[C@H]2C1. The first-order chi connectivity index (χ1) is 18.3. The number of nitrogens with zero attached hydrogens (tertiary/aromatic N) is 1. The highest BCUT2D eigenvalue weighted by atomic mass is 16.6. The fraction of sp³-hybridized carbons (Fsp3) is 0.531. The molecule has 202 valence electrons. The smallest absolute Gasteiger partial charge is 0.414 e. The first-order valence-electron chi connectivity index (χ1n) is 13.9. The number of aliphatic hydroxyl groups is 1. The maximum Gasteiger partial charge on any atom is 0.414 e. The van der Waals surface area contributed by atoms with Crippen LogP contribution >= 0.6 is 0 Å². The van der Waals surface area contributed by atoms with E-state index in [9.17, 15) is 9.90 Å². The van der Waals surface area contributed by atoms with Crippen molar-refractivity contribution in [2.45, 2.75) is 81.9 Å². The second kappa shape index (κ2) is 11.0. The van der Waals surface area contributed by atoms with Gasteiger partial charge in [-0.1, -0.05) is 24.1 Å². The van der Waals surface area contributed by atoms with E-state index in [1.54, 1.807) is 21.0 Å². The number of carbonyl (C=O) groups is 1. The van der Waals surface area contributed by atoms with Crippen LogP contribution in [0.3, 0.4) is 0 Å². The van der Waals surface area contributed by atoms with Crippen LogP contribution in [-0.4, -0.2) is 48.4 Å². The van der Waals surface area contributed by atoms with Crippen molar-refractivity contribution in [2.75, 3.05) is 20.7 Å². The summed E-state index contributed by atoms with van der Waals surface area (Å²) in [6.45, 7) is 3.31. The molecule has 0 radical (unpaired) electrons. The van der Waals surface area contributed by atoms with E-state index in [4.69, 9.17) is 9.47 Å². The number of carbonyl (C=O) groups excluding carboxylic acids is 1. The third-order valence-corrected chi connectivity index (χ3v) is 8.57. The Bertz CT molecular complexity index is 1210. The number of ether oxygens (including phenoxy) is 2. The van der Waals surface area contributed by atoms with Crippen LogP contribution in [0.2, 0.25) is 0 Å². The molecule has 38 heavy (non-hydrogen) atoms. The largest absolute Gasteiger partial charge is 0.494 e. The van der Waals surface area contributed by atoms with Crippen molar-refractivity contribution in [1.29, 1.82) is 0 Å². The summed E-state index contributed by atoms with van der Waals surface area (Å²) in [6.07, 6.45) is 7.09. The van der Waals surface area contributed by atoms with Gasteiger partial charge in [-0.3, -0.25) is 0 Å². The molecule has 3 atom stereocenters. The molecule has 2 aromatic carbocycles. The van der Waals surface area contributed by atoms with Crippen molar-refractivity contribution in [1.82, 2.24) is 10.2 Å². The number of benzene rings is 2. The topological polar surface area (TPSA) is 71.0 Å². The van der Waals surface area contributed by atoms with E-state index >= 15 is 0 Å². The first kappa shape index (κ1) is 26.6. The van der Waals surface area contributed by atoms with Crippen LogP contribution in [-0.2, 0) is 18.4 Å². The molecule has 6 heteroatoms. The predicted molar refractivity (Wildman–Crippen MR) is 148 cm³/mol. The lowest BCUT2D eigenvalue weighted by Crippen LogP contribution is -2.50. The molecule has 6 nitrogen and oxygen atoms in total. The minimum Gasteiger partial charge on any atom is -0.494 e. The molecule has 0 spiro atoms. The Morgan fingerprint density at radius 2 is 1.87 bits per heavy atom. The second-order valence-corrected chi connectivity index (χ2v) is 11.5. The predicted octanol–water partition coefficient (Wildman–Crippen LogP) is 5.21. The molecule has 1 amide bonds. The van der Waals surface area contributed by atoms with Gasteiger partial charge in [0.25, 0.3) is 0 Å². The molecule has 0 heterocycles. The van der Waals surface area contributed by atoms with Gasteiger partial charge in [0.2, 0.25) is 0 Å². The fourth-order valence-electron chi connectivity index (χ4n) is 6.33. The summed E-state index contributed by atoms with van der Waals surface area (Å²) in [5.74, 6) is 7.81. The monoisotopic (exact) mass is 516 g/mol. The van der Waals surface area contributed by atoms with Crippen molar-refractivity contribution < 1.29 is 19.4 Å². The molecule has 0 bridgehead atoms. The molecular weight excluding hydrogens is 476 g/mol. The quantitative estimate of drug-likeness (QED) is 0.472. The van der Waals surface area contributed by atoms with Crippen molar-refractivity contribution >= 4 is 6.09 Å². The number of hydrogen-bond donors (Lipinski definition) is 2. The van der Waals surface area contributed by atoms with E-state index < -0.39 is 5.60 Å². The van der Waals surface area contributed by atoms with Crippen LogP contribution in [0.25, 0.3) is 0 Å². The molecule has 0 aliphatic heterocycles. The fourth-order valence-corrected chi connectivity index (χ4v) is 6.33. The zero-order valence-corrected chi connectivity index (χ0v) is 22.9. The summed E-state index contributed by atoms with van der Waals surface area (Å²) in [6, 6.07) is 15.2. The Balaban J connectivity index is 1.33. The summed E-state index contributed by atoms with van der Waals surface area (Å²) >= 11 is 0. The van der Waals surface area contributed by atoms with Crippen molar-refractivity contribution in [3.05, 3.63) is 59.2 Å². The van der Waals surface area contributed by atoms with Crippen LogP contribution in [0.4, 0.5) is 4.79 Å². The molecule has 2 saturated carbocycles. The van der Waals surface area contributed by atoms with Crippen molar-refractivity contribution in [2.24, 2.45) is 5.92 Å². The highest BCUT2D eigenvalue weighted by Crippen LogP contribution is 2.54. The maximum atomic E-state index is 12.1. The van der Waals surface area contributed by atoms with Crippen LogP contribution in [0, 0.1) is 17.8 Å². The second-order valence-electron chi connectivity index (χ2n) is 11.5. The summed E-state index contributed by atoms with van der Waals surface area (Å²) in [5.41, 5.74) is 2.78. The zero-order chi connectivity index (χ0) is 26.8. The summed E-state index contributed by atoms with van der Waals surface area (Å²) in [5, 5.41) is 14.8. The lowest BCUT2D eigenvalue weighted by Gasteiger charge is -2.52. The third kappa shape index (κ3) is 5.85. The van der Waals surface area contributed by atoms with Gasteiger partial charge in [0, 0.05) is 32.1 Å². The van der Waals surface area contributed by atoms with Gasteiger partial charge in [0.15, 0.2) is 0 Å². The molecule has 5 rings (SSSR count). The molecular formula is C32H40N2O4. The highest BCUT2D eigenvalue weighted by molar-refractivity contribution is 5.70. The number of hydrogen-bond acceptors (Lipinski definition) is 5. The summed E-state index contributed by atoms with van der Waals surface area (Å²) < 4.78 is 11.8. The Morgan fingerprint density at radius 3 is 2.58 bits per heavy atom. The lowest BCUT2D eigenvalue weighted by atomic mass is 9.53. The summed E-state index contributed by atoms with van der Waals surface area (Å²) in [4.78, 5) is 13.5. The summed E-state index contributed by atoms with van der Waals surface area (Å²) in [7, 11) is 3.36. The van der Waals surface area contributed by atoms with Crippen molar-refractivity contribution in [3.8, 4) is 23.3 Å². The number of rotatable bonds is 8. The molecule has 2 N–H and O–H groups in total. The molecule has 3 aliphatic rings. The van der Waals surface area contributed by atoms with Crippen LogP contribution < -0.4 is 14.8 Å². The van der Waals surface area contributed by atoms with E-state index in [0.717, 1.165) is 38.0 Å². The van der Waals surface area contributed by atoms with Gasteiger partial charge < -0.3 is 24.8 Å². The van der Waals surface area contributed by atoms with E-state index in [0.29, 0.717) is 37.2 Å². The average Bonchev–Trinajstić information content (AvgIpc) is 3.73. The van der Waals surface area contributed by atoms with E-state index in [2.05, 4.69) is 47.5 Å². The van der Waals surface area contributed by atoms with E-state index in [1.807, 2.05) is 12.1 Å². The minimum absolute atomic E-state index is 0.104. The molecule has 2 aromatic rings. The molecule has 0 unspecified atom stereocenters. The highest BCUT2D eigenvalue weighted by Gasteiger charge is 2.51. The normalized spacial score (nSPS) is 25.8. The first-order valence-corrected chi connectivity index (χ1v) is 13.9. The third-order valence-electron chi connectivity index (χ3n) is 8.57. The Kier molecular flexibility index (Phi) is 7.70. The molecule has 2 fully saturated rings. The van der Waals surface area contributed by atoms with Gasteiger partial charge in [-0.15, -0.1) is 5.92 Å². The number of aryl methyl sites for hydroxylation is 1. The van der Waals surface area contributed by atoms with Gasteiger partial charge in [0.05, 0.1) is 6.61 Å². The lowest BCUT2D eigenvalue weighted by molar-refractivity contribution is -0.0143. The average molecular weight is 517 g/mol. The Labute approximate surface area is 226 Å². The van der Waals surface area contributed by atoms with Crippen LogP contribution in [0.15, 0.2) is 42.5 Å².